The zero-order valence-electron chi connectivity index (χ0n) is 13.2. The number of hydrogen-bond donors (Lipinski definition) is 1. The van der Waals surface area contributed by atoms with Crippen LogP contribution >= 0.6 is 0 Å². The van der Waals surface area contributed by atoms with Crippen molar-refractivity contribution in [1.82, 2.24) is 5.32 Å². The van der Waals surface area contributed by atoms with Crippen LogP contribution in [0.25, 0.3) is 0 Å². The highest BCUT2D eigenvalue weighted by Gasteiger charge is 2.21. The van der Waals surface area contributed by atoms with Crippen LogP contribution in [0.2, 0.25) is 0 Å². The van der Waals surface area contributed by atoms with Crippen molar-refractivity contribution in [2.45, 2.75) is 6.42 Å². The summed E-state index contributed by atoms with van der Waals surface area (Å²) in [6.07, 6.45) is 0.966. The normalized spacial score (nSPS) is 13.6. The SMILES string of the molecule is COc1cccc(C2=NCCCN2)c1Oc1ccccc1[N+](=O)[O-]. The van der Waals surface area contributed by atoms with Gasteiger partial charge in [-0.25, -0.2) is 0 Å². The third-order valence-corrected chi connectivity index (χ3v) is 3.63. The van der Waals surface area contributed by atoms with Crippen LogP contribution in [-0.4, -0.2) is 31.0 Å². The second-order valence-corrected chi connectivity index (χ2v) is 5.17. The van der Waals surface area contributed by atoms with E-state index in [1.807, 2.05) is 12.1 Å². The smallest absolute Gasteiger partial charge is 0.311 e. The van der Waals surface area contributed by atoms with Crippen molar-refractivity contribution in [2.75, 3.05) is 20.2 Å². The molecular formula is C17H17N3O4. The zero-order chi connectivity index (χ0) is 16.9. The minimum absolute atomic E-state index is 0.104. The van der Waals surface area contributed by atoms with Crippen LogP contribution < -0.4 is 14.8 Å². The molecular weight excluding hydrogens is 310 g/mol. The van der Waals surface area contributed by atoms with Gasteiger partial charge in [0.05, 0.1) is 17.6 Å². The number of nitrogens with zero attached hydrogens (tertiary/aromatic N) is 2. The molecule has 0 bridgehead atoms. The van der Waals surface area contributed by atoms with Crippen molar-refractivity contribution in [1.29, 1.82) is 0 Å². The topological polar surface area (TPSA) is 86.0 Å². The van der Waals surface area contributed by atoms with Gasteiger partial charge in [0.25, 0.3) is 0 Å². The quantitative estimate of drug-likeness (QED) is 0.673. The maximum absolute atomic E-state index is 11.2. The minimum Gasteiger partial charge on any atom is -0.493 e. The van der Waals surface area contributed by atoms with Crippen LogP contribution in [0.1, 0.15) is 12.0 Å². The van der Waals surface area contributed by atoms with E-state index in [1.54, 1.807) is 24.3 Å². The van der Waals surface area contributed by atoms with Gasteiger partial charge in [-0.05, 0) is 24.6 Å². The van der Waals surface area contributed by atoms with Gasteiger partial charge < -0.3 is 14.8 Å². The molecule has 3 rings (SSSR count). The lowest BCUT2D eigenvalue weighted by molar-refractivity contribution is -0.385. The van der Waals surface area contributed by atoms with E-state index in [0.29, 0.717) is 22.9 Å². The Morgan fingerprint density at radius 2 is 1.96 bits per heavy atom. The Morgan fingerprint density at radius 3 is 2.67 bits per heavy atom. The van der Waals surface area contributed by atoms with Crippen LogP contribution in [0.4, 0.5) is 5.69 Å². The largest absolute Gasteiger partial charge is 0.493 e. The van der Waals surface area contributed by atoms with Gasteiger partial charge in [-0.3, -0.25) is 15.1 Å². The Bertz CT molecular complexity index is 789. The third kappa shape index (κ3) is 3.15. The van der Waals surface area contributed by atoms with E-state index in [9.17, 15) is 10.1 Å². The van der Waals surface area contributed by atoms with Crippen LogP contribution in [0, 0.1) is 10.1 Å². The first kappa shape index (κ1) is 15.8. The lowest BCUT2D eigenvalue weighted by Gasteiger charge is -2.19. The van der Waals surface area contributed by atoms with Crippen molar-refractivity contribution in [3.8, 4) is 17.2 Å². The Labute approximate surface area is 139 Å². The Morgan fingerprint density at radius 1 is 1.17 bits per heavy atom. The number of aliphatic imine (C=N–C) groups is 1. The summed E-state index contributed by atoms with van der Waals surface area (Å²) in [5.41, 5.74) is 0.611. The third-order valence-electron chi connectivity index (χ3n) is 3.63. The van der Waals surface area contributed by atoms with E-state index in [0.717, 1.165) is 19.5 Å². The Hall–Kier alpha value is -3.09. The summed E-state index contributed by atoms with van der Waals surface area (Å²) in [5, 5.41) is 14.4. The van der Waals surface area contributed by atoms with Gasteiger partial charge in [-0.1, -0.05) is 18.2 Å². The van der Waals surface area contributed by atoms with E-state index in [4.69, 9.17) is 9.47 Å². The van der Waals surface area contributed by atoms with Crippen molar-refractivity contribution < 1.29 is 14.4 Å². The summed E-state index contributed by atoms with van der Waals surface area (Å²) >= 11 is 0. The fraction of sp³-hybridized carbons (Fsp3) is 0.235. The van der Waals surface area contributed by atoms with Gasteiger partial charge >= 0.3 is 5.69 Å². The fourth-order valence-corrected chi connectivity index (χ4v) is 2.49. The van der Waals surface area contributed by atoms with Crippen LogP contribution in [0.5, 0.6) is 17.2 Å². The second kappa shape index (κ2) is 6.99. The van der Waals surface area contributed by atoms with Crippen LogP contribution in [0.15, 0.2) is 47.5 Å². The number of rotatable bonds is 5. The molecule has 2 aromatic carbocycles. The number of methoxy groups -OCH3 is 1. The number of benzene rings is 2. The van der Waals surface area contributed by atoms with Crippen molar-refractivity contribution >= 4 is 11.5 Å². The zero-order valence-corrected chi connectivity index (χ0v) is 13.2. The lowest BCUT2D eigenvalue weighted by Crippen LogP contribution is -2.30. The standard InChI is InChI=1S/C17H17N3O4/c1-23-15-9-4-6-12(17-18-10-5-11-19-17)16(15)24-14-8-3-2-7-13(14)20(21)22/h2-4,6-9H,5,10-11H2,1H3,(H,18,19). The maximum atomic E-state index is 11.2. The first-order chi connectivity index (χ1) is 11.7. The molecule has 0 radical (unpaired) electrons. The number of nitrogens with one attached hydrogen (secondary N) is 1. The Kier molecular flexibility index (Phi) is 4.60. The molecule has 24 heavy (non-hydrogen) atoms. The molecule has 0 aliphatic carbocycles. The first-order valence-electron chi connectivity index (χ1n) is 7.57. The molecule has 0 saturated heterocycles. The van der Waals surface area contributed by atoms with Gasteiger partial charge in [-0.2, -0.15) is 0 Å². The van der Waals surface area contributed by atoms with E-state index < -0.39 is 4.92 Å². The molecule has 7 nitrogen and oxygen atoms in total. The number of ether oxygens (including phenoxy) is 2. The summed E-state index contributed by atoms with van der Waals surface area (Å²) < 4.78 is 11.3. The van der Waals surface area contributed by atoms with E-state index in [-0.39, 0.29) is 11.4 Å². The molecule has 0 amide bonds. The molecule has 0 saturated carbocycles. The highest BCUT2D eigenvalue weighted by atomic mass is 16.6. The van der Waals surface area contributed by atoms with Gasteiger partial charge in [0.15, 0.2) is 11.5 Å². The summed E-state index contributed by atoms with van der Waals surface area (Å²) in [4.78, 5) is 15.2. The monoisotopic (exact) mass is 327 g/mol. The van der Waals surface area contributed by atoms with E-state index >= 15 is 0 Å². The number of amidine groups is 1. The van der Waals surface area contributed by atoms with Crippen LogP contribution in [0.3, 0.4) is 0 Å². The summed E-state index contributed by atoms with van der Waals surface area (Å²) in [7, 11) is 1.53. The fourth-order valence-electron chi connectivity index (χ4n) is 2.49. The average Bonchev–Trinajstić information content (AvgIpc) is 2.63. The molecule has 0 atom stereocenters. The average molecular weight is 327 g/mol. The van der Waals surface area contributed by atoms with Crippen molar-refractivity contribution in [3.63, 3.8) is 0 Å². The molecule has 0 aromatic heterocycles. The van der Waals surface area contributed by atoms with E-state index in [2.05, 4.69) is 10.3 Å². The molecule has 1 aliphatic rings. The second-order valence-electron chi connectivity index (χ2n) is 5.17. The number of nitro groups is 1. The maximum Gasteiger partial charge on any atom is 0.311 e. The summed E-state index contributed by atoms with van der Waals surface area (Å²) in [6.45, 7) is 1.55. The molecule has 1 heterocycles. The summed E-state index contributed by atoms with van der Waals surface area (Å²) in [6, 6.07) is 11.7. The van der Waals surface area contributed by atoms with Crippen molar-refractivity contribution in [2.24, 2.45) is 4.99 Å². The Balaban J connectivity index is 2.07. The van der Waals surface area contributed by atoms with Crippen LogP contribution in [-0.2, 0) is 0 Å². The molecule has 0 unspecified atom stereocenters. The molecule has 1 N–H and O–H groups in total. The first-order valence-corrected chi connectivity index (χ1v) is 7.57. The molecule has 2 aromatic rings. The number of nitro benzene ring substituents is 1. The summed E-state index contributed by atoms with van der Waals surface area (Å²) in [5.74, 6) is 1.75. The lowest BCUT2D eigenvalue weighted by atomic mass is 10.1. The molecule has 0 fully saturated rings. The molecule has 0 spiro atoms. The van der Waals surface area contributed by atoms with Gasteiger partial charge in [-0.15, -0.1) is 0 Å². The molecule has 1 aliphatic heterocycles. The van der Waals surface area contributed by atoms with Gasteiger partial charge in [0.1, 0.15) is 5.84 Å². The van der Waals surface area contributed by atoms with E-state index in [1.165, 1.54) is 13.2 Å². The predicted octanol–water partition coefficient (Wildman–Crippen LogP) is 3.14. The molecule has 7 heteroatoms. The van der Waals surface area contributed by atoms with Gasteiger partial charge in [0.2, 0.25) is 5.75 Å². The molecule has 124 valence electrons. The predicted molar refractivity (Wildman–Crippen MR) is 90.2 cm³/mol. The number of hydrogen-bond acceptors (Lipinski definition) is 6. The highest BCUT2D eigenvalue weighted by molar-refractivity contribution is 6.02. The van der Waals surface area contributed by atoms with Gasteiger partial charge in [0, 0.05) is 19.2 Å². The minimum atomic E-state index is -0.471. The highest BCUT2D eigenvalue weighted by Crippen LogP contribution is 2.38. The number of para-hydroxylation sites is 3. The van der Waals surface area contributed by atoms with Crippen molar-refractivity contribution in [3.05, 3.63) is 58.1 Å².